The van der Waals surface area contributed by atoms with Crippen molar-refractivity contribution < 1.29 is 9.90 Å². The van der Waals surface area contributed by atoms with Gasteiger partial charge in [0.1, 0.15) is 0 Å². The second-order valence-corrected chi connectivity index (χ2v) is 5.81. The van der Waals surface area contributed by atoms with Crippen LogP contribution in [0.5, 0.6) is 0 Å². The summed E-state index contributed by atoms with van der Waals surface area (Å²) < 4.78 is 1.92. The van der Waals surface area contributed by atoms with Crippen LogP contribution < -0.4 is 5.32 Å². The van der Waals surface area contributed by atoms with Crippen LogP contribution in [0.4, 0.5) is 0 Å². The van der Waals surface area contributed by atoms with Crippen LogP contribution in [0.25, 0.3) is 5.69 Å². The van der Waals surface area contributed by atoms with Crippen molar-refractivity contribution in [2.75, 3.05) is 13.2 Å². The lowest BCUT2D eigenvalue weighted by Crippen LogP contribution is -2.27. The van der Waals surface area contributed by atoms with Crippen molar-refractivity contribution >= 4 is 5.91 Å². The molecule has 0 saturated heterocycles. The largest absolute Gasteiger partial charge is 0.395 e. The van der Waals surface area contributed by atoms with Gasteiger partial charge in [0.05, 0.1) is 12.3 Å². The minimum absolute atomic E-state index is 0.0638. The molecule has 1 amide bonds. The van der Waals surface area contributed by atoms with Crippen LogP contribution in [0, 0.1) is 13.8 Å². The number of fused-ring (bicyclic) bond motifs is 1. The van der Waals surface area contributed by atoms with E-state index in [4.69, 9.17) is 5.11 Å². The molecule has 0 fully saturated rings. The molecule has 3 rings (SSSR count). The smallest absolute Gasteiger partial charge is 0.272 e. The number of hydrogen-bond acceptors (Lipinski definition) is 3. The molecule has 1 heterocycles. The number of nitrogens with one attached hydrogen (secondary N) is 1. The van der Waals surface area contributed by atoms with Crippen molar-refractivity contribution in [3.63, 3.8) is 0 Å². The Kier molecular flexibility index (Phi) is 3.98. The quantitative estimate of drug-likeness (QED) is 0.903. The van der Waals surface area contributed by atoms with Gasteiger partial charge in [0.25, 0.3) is 5.91 Å². The van der Waals surface area contributed by atoms with Crippen molar-refractivity contribution in [3.05, 3.63) is 46.3 Å². The molecule has 116 valence electrons. The van der Waals surface area contributed by atoms with E-state index < -0.39 is 0 Å². The van der Waals surface area contributed by atoms with Gasteiger partial charge < -0.3 is 10.4 Å². The lowest BCUT2D eigenvalue weighted by atomic mass is 10.1. The topological polar surface area (TPSA) is 67.2 Å². The fourth-order valence-electron chi connectivity index (χ4n) is 3.12. The van der Waals surface area contributed by atoms with Crippen LogP contribution >= 0.6 is 0 Å². The molecule has 0 saturated carbocycles. The summed E-state index contributed by atoms with van der Waals surface area (Å²) in [6.45, 7) is 4.32. The Bertz CT molecular complexity index is 719. The minimum Gasteiger partial charge on any atom is -0.395 e. The fourth-order valence-corrected chi connectivity index (χ4v) is 3.12. The van der Waals surface area contributed by atoms with Crippen molar-refractivity contribution in [2.45, 2.75) is 33.1 Å². The summed E-state index contributed by atoms with van der Waals surface area (Å²) in [4.78, 5) is 12.2. The SMILES string of the molecule is Cc1ccc(-n2nc(C(=O)NCCO)c3c2CCC3)c(C)c1. The summed E-state index contributed by atoms with van der Waals surface area (Å²) in [6, 6.07) is 6.26. The molecule has 2 aromatic rings. The summed E-state index contributed by atoms with van der Waals surface area (Å²) >= 11 is 0. The second-order valence-electron chi connectivity index (χ2n) is 5.81. The first-order valence-electron chi connectivity index (χ1n) is 7.69. The van der Waals surface area contributed by atoms with Gasteiger partial charge in [-0.05, 0) is 44.7 Å². The maximum Gasteiger partial charge on any atom is 0.272 e. The third-order valence-corrected chi connectivity index (χ3v) is 4.12. The molecule has 0 radical (unpaired) electrons. The maximum absolute atomic E-state index is 12.2. The van der Waals surface area contributed by atoms with E-state index in [1.54, 1.807) is 0 Å². The first kappa shape index (κ1) is 14.8. The molecule has 1 aliphatic rings. The molecule has 22 heavy (non-hydrogen) atoms. The van der Waals surface area contributed by atoms with Gasteiger partial charge in [-0.3, -0.25) is 4.79 Å². The van der Waals surface area contributed by atoms with E-state index in [9.17, 15) is 4.79 Å². The van der Waals surface area contributed by atoms with E-state index in [-0.39, 0.29) is 19.1 Å². The summed E-state index contributed by atoms with van der Waals surface area (Å²) in [5.74, 6) is -0.198. The Hall–Kier alpha value is -2.14. The monoisotopic (exact) mass is 299 g/mol. The van der Waals surface area contributed by atoms with E-state index in [1.165, 1.54) is 5.56 Å². The minimum atomic E-state index is -0.198. The third kappa shape index (κ3) is 2.52. The highest BCUT2D eigenvalue weighted by Crippen LogP contribution is 2.29. The van der Waals surface area contributed by atoms with Gasteiger partial charge in [0.2, 0.25) is 0 Å². The third-order valence-electron chi connectivity index (χ3n) is 4.12. The predicted octanol–water partition coefficient (Wildman–Crippen LogP) is 1.70. The number of aliphatic hydroxyl groups excluding tert-OH is 1. The van der Waals surface area contributed by atoms with Crippen LogP contribution in [0.2, 0.25) is 0 Å². The number of hydrogen-bond donors (Lipinski definition) is 2. The number of aliphatic hydroxyl groups is 1. The van der Waals surface area contributed by atoms with Crippen molar-refractivity contribution in [1.29, 1.82) is 0 Å². The van der Waals surface area contributed by atoms with Crippen LogP contribution in [0.1, 0.15) is 39.3 Å². The summed E-state index contributed by atoms with van der Waals surface area (Å²) in [5.41, 5.74) is 6.09. The molecular weight excluding hydrogens is 278 g/mol. The molecule has 0 aliphatic heterocycles. The average Bonchev–Trinajstić information content (AvgIpc) is 3.07. The van der Waals surface area contributed by atoms with Gasteiger partial charge in [-0.15, -0.1) is 0 Å². The Balaban J connectivity index is 2.04. The fraction of sp³-hybridized carbons (Fsp3) is 0.412. The van der Waals surface area contributed by atoms with Crippen molar-refractivity contribution in [1.82, 2.24) is 15.1 Å². The van der Waals surface area contributed by atoms with Crippen molar-refractivity contribution in [2.24, 2.45) is 0 Å². The molecule has 0 unspecified atom stereocenters. The van der Waals surface area contributed by atoms with Crippen LogP contribution in [-0.4, -0.2) is 33.9 Å². The van der Waals surface area contributed by atoms with Gasteiger partial charge in [0, 0.05) is 17.8 Å². The van der Waals surface area contributed by atoms with Crippen molar-refractivity contribution in [3.8, 4) is 5.69 Å². The number of carbonyl (C=O) groups is 1. The molecule has 0 bridgehead atoms. The zero-order chi connectivity index (χ0) is 15.7. The zero-order valence-corrected chi connectivity index (χ0v) is 13.0. The molecule has 1 aromatic heterocycles. The standard InChI is InChI=1S/C17H21N3O2/c1-11-6-7-14(12(2)10-11)20-15-5-3-4-13(15)16(19-20)17(22)18-8-9-21/h6-7,10,21H,3-5,8-9H2,1-2H3,(H,18,22). The van der Waals surface area contributed by atoms with Crippen LogP contribution in [0.15, 0.2) is 18.2 Å². The number of aryl methyl sites for hydroxylation is 2. The van der Waals surface area contributed by atoms with Crippen LogP contribution in [-0.2, 0) is 12.8 Å². The number of nitrogens with zero attached hydrogens (tertiary/aromatic N) is 2. The Morgan fingerprint density at radius 3 is 2.91 bits per heavy atom. The summed E-state index contributed by atoms with van der Waals surface area (Å²) in [6.07, 6.45) is 2.89. The Morgan fingerprint density at radius 1 is 1.36 bits per heavy atom. The molecule has 1 aliphatic carbocycles. The van der Waals surface area contributed by atoms with E-state index in [0.717, 1.165) is 41.8 Å². The Morgan fingerprint density at radius 2 is 2.18 bits per heavy atom. The second kappa shape index (κ2) is 5.93. The lowest BCUT2D eigenvalue weighted by molar-refractivity contribution is 0.0938. The van der Waals surface area contributed by atoms with Crippen LogP contribution in [0.3, 0.4) is 0 Å². The van der Waals surface area contributed by atoms with Gasteiger partial charge in [-0.25, -0.2) is 4.68 Å². The van der Waals surface area contributed by atoms with E-state index in [1.807, 2.05) is 4.68 Å². The van der Waals surface area contributed by atoms with Gasteiger partial charge in [-0.2, -0.15) is 5.10 Å². The summed E-state index contributed by atoms with van der Waals surface area (Å²) in [7, 11) is 0. The van der Waals surface area contributed by atoms with E-state index >= 15 is 0 Å². The highest BCUT2D eigenvalue weighted by Gasteiger charge is 2.27. The lowest BCUT2D eigenvalue weighted by Gasteiger charge is -2.09. The Labute approximate surface area is 130 Å². The van der Waals surface area contributed by atoms with E-state index in [0.29, 0.717) is 5.69 Å². The predicted molar refractivity (Wildman–Crippen MR) is 84.5 cm³/mol. The normalized spacial score (nSPS) is 13.2. The highest BCUT2D eigenvalue weighted by atomic mass is 16.3. The number of amides is 1. The molecule has 5 heteroatoms. The molecule has 1 aromatic carbocycles. The molecule has 5 nitrogen and oxygen atoms in total. The average molecular weight is 299 g/mol. The summed E-state index contributed by atoms with van der Waals surface area (Å²) in [5, 5.41) is 16.1. The maximum atomic E-state index is 12.2. The zero-order valence-electron chi connectivity index (χ0n) is 13.0. The molecule has 0 spiro atoms. The molecule has 2 N–H and O–H groups in total. The first-order chi connectivity index (χ1) is 10.6. The molecular formula is C17H21N3O2. The highest BCUT2D eigenvalue weighted by molar-refractivity contribution is 5.94. The number of benzene rings is 1. The van der Waals surface area contributed by atoms with Gasteiger partial charge in [0.15, 0.2) is 5.69 Å². The number of aromatic nitrogens is 2. The van der Waals surface area contributed by atoms with Gasteiger partial charge in [-0.1, -0.05) is 17.7 Å². The first-order valence-corrected chi connectivity index (χ1v) is 7.69. The number of carbonyl (C=O) groups excluding carboxylic acids is 1. The molecule has 0 atom stereocenters. The van der Waals surface area contributed by atoms with Gasteiger partial charge >= 0.3 is 0 Å². The van der Waals surface area contributed by atoms with E-state index in [2.05, 4.69) is 42.5 Å². The number of rotatable bonds is 4.